The SMILES string of the molecule is CC(C)(C)OC(=O)N1C[C@H](c2cccc(F)c2)[C@H]1C(=O)O. The number of hydrogen-bond acceptors (Lipinski definition) is 3. The van der Waals surface area contributed by atoms with Crippen molar-refractivity contribution in [2.75, 3.05) is 6.54 Å². The fourth-order valence-electron chi connectivity index (χ4n) is 2.34. The molecule has 1 saturated heterocycles. The van der Waals surface area contributed by atoms with Gasteiger partial charge in [0.15, 0.2) is 0 Å². The van der Waals surface area contributed by atoms with E-state index in [2.05, 4.69) is 0 Å². The van der Waals surface area contributed by atoms with Crippen LogP contribution in [0.25, 0.3) is 0 Å². The Bertz CT molecular complexity index is 567. The van der Waals surface area contributed by atoms with Crippen LogP contribution in [0.4, 0.5) is 9.18 Å². The molecule has 1 aromatic rings. The zero-order valence-electron chi connectivity index (χ0n) is 12.2. The molecule has 0 radical (unpaired) electrons. The second kappa shape index (κ2) is 5.35. The second-order valence-electron chi connectivity index (χ2n) is 6.08. The molecule has 1 heterocycles. The minimum atomic E-state index is -1.12. The number of benzene rings is 1. The predicted octanol–water partition coefficient (Wildman–Crippen LogP) is 2.61. The lowest BCUT2D eigenvalue weighted by Gasteiger charge is -2.45. The van der Waals surface area contributed by atoms with Gasteiger partial charge in [-0.25, -0.2) is 14.0 Å². The highest BCUT2D eigenvalue weighted by atomic mass is 19.1. The molecule has 21 heavy (non-hydrogen) atoms. The third-order valence-corrected chi connectivity index (χ3v) is 3.27. The van der Waals surface area contributed by atoms with Crippen molar-refractivity contribution < 1.29 is 23.8 Å². The maximum absolute atomic E-state index is 13.2. The number of aliphatic carboxylic acids is 1. The molecule has 0 aromatic heterocycles. The average Bonchev–Trinajstić information content (AvgIpc) is 2.23. The van der Waals surface area contributed by atoms with Gasteiger partial charge in [-0.05, 0) is 38.5 Å². The molecule has 1 N–H and O–H groups in total. The van der Waals surface area contributed by atoms with Gasteiger partial charge in [0.2, 0.25) is 0 Å². The number of likely N-dealkylation sites (tertiary alicyclic amines) is 1. The van der Waals surface area contributed by atoms with Crippen molar-refractivity contribution in [3.63, 3.8) is 0 Å². The van der Waals surface area contributed by atoms with Gasteiger partial charge in [-0.15, -0.1) is 0 Å². The Hall–Kier alpha value is -2.11. The fraction of sp³-hybridized carbons (Fsp3) is 0.467. The number of ether oxygens (including phenoxy) is 1. The summed E-state index contributed by atoms with van der Waals surface area (Å²) in [7, 11) is 0. The topological polar surface area (TPSA) is 66.8 Å². The minimum absolute atomic E-state index is 0.204. The number of halogens is 1. The summed E-state index contributed by atoms with van der Waals surface area (Å²) in [6, 6.07) is 4.76. The summed E-state index contributed by atoms with van der Waals surface area (Å²) >= 11 is 0. The van der Waals surface area contributed by atoms with Crippen molar-refractivity contribution in [1.82, 2.24) is 4.90 Å². The van der Waals surface area contributed by atoms with Crippen LogP contribution in [0.1, 0.15) is 32.3 Å². The molecule has 0 saturated carbocycles. The zero-order chi connectivity index (χ0) is 15.8. The Morgan fingerprint density at radius 2 is 2.05 bits per heavy atom. The number of hydrogen-bond donors (Lipinski definition) is 1. The molecule has 0 bridgehead atoms. The van der Waals surface area contributed by atoms with Crippen LogP contribution >= 0.6 is 0 Å². The van der Waals surface area contributed by atoms with Crippen LogP contribution in [0.5, 0.6) is 0 Å². The van der Waals surface area contributed by atoms with Gasteiger partial charge in [-0.2, -0.15) is 0 Å². The van der Waals surface area contributed by atoms with Gasteiger partial charge in [-0.1, -0.05) is 12.1 Å². The summed E-state index contributed by atoms with van der Waals surface area (Å²) in [6.07, 6.45) is -0.664. The summed E-state index contributed by atoms with van der Waals surface area (Å²) in [5.74, 6) is -1.97. The first-order chi connectivity index (χ1) is 9.69. The highest BCUT2D eigenvalue weighted by Gasteiger charge is 2.48. The largest absolute Gasteiger partial charge is 0.480 e. The van der Waals surface area contributed by atoms with Crippen molar-refractivity contribution in [1.29, 1.82) is 0 Å². The summed E-state index contributed by atoms with van der Waals surface area (Å²) in [5, 5.41) is 9.31. The molecule has 6 heteroatoms. The highest BCUT2D eigenvalue weighted by Crippen LogP contribution is 2.35. The monoisotopic (exact) mass is 295 g/mol. The van der Waals surface area contributed by atoms with Crippen LogP contribution in [0.2, 0.25) is 0 Å². The van der Waals surface area contributed by atoms with E-state index in [0.717, 1.165) is 4.90 Å². The van der Waals surface area contributed by atoms with Crippen molar-refractivity contribution in [2.24, 2.45) is 0 Å². The van der Waals surface area contributed by atoms with E-state index < -0.39 is 35.4 Å². The predicted molar refractivity (Wildman–Crippen MR) is 73.5 cm³/mol. The van der Waals surface area contributed by atoms with Crippen molar-refractivity contribution >= 4 is 12.1 Å². The number of carbonyl (C=O) groups excluding carboxylic acids is 1. The van der Waals surface area contributed by atoms with E-state index in [1.807, 2.05) is 0 Å². The Morgan fingerprint density at radius 3 is 2.57 bits per heavy atom. The Balaban J connectivity index is 2.15. The third-order valence-electron chi connectivity index (χ3n) is 3.27. The van der Waals surface area contributed by atoms with Gasteiger partial charge in [-0.3, -0.25) is 4.90 Å². The van der Waals surface area contributed by atoms with Crippen LogP contribution in [0.3, 0.4) is 0 Å². The lowest BCUT2D eigenvalue weighted by molar-refractivity contribution is -0.149. The van der Waals surface area contributed by atoms with Crippen LogP contribution in [-0.4, -0.2) is 40.3 Å². The van der Waals surface area contributed by atoms with Crippen molar-refractivity contribution in [3.8, 4) is 0 Å². The molecule has 2 rings (SSSR count). The van der Waals surface area contributed by atoms with E-state index in [0.29, 0.717) is 5.56 Å². The number of carbonyl (C=O) groups is 2. The molecule has 1 amide bonds. The maximum Gasteiger partial charge on any atom is 0.411 e. The van der Waals surface area contributed by atoms with Crippen LogP contribution in [0, 0.1) is 5.82 Å². The van der Waals surface area contributed by atoms with E-state index in [4.69, 9.17) is 4.74 Å². The number of amides is 1. The maximum atomic E-state index is 13.2. The average molecular weight is 295 g/mol. The first-order valence-corrected chi connectivity index (χ1v) is 6.67. The lowest BCUT2D eigenvalue weighted by atomic mass is 9.83. The van der Waals surface area contributed by atoms with E-state index in [-0.39, 0.29) is 6.54 Å². The van der Waals surface area contributed by atoms with Gasteiger partial charge < -0.3 is 9.84 Å². The quantitative estimate of drug-likeness (QED) is 0.910. The summed E-state index contributed by atoms with van der Waals surface area (Å²) in [6.45, 7) is 5.34. The van der Waals surface area contributed by atoms with Crippen molar-refractivity contribution in [2.45, 2.75) is 38.3 Å². The molecule has 1 aliphatic rings. The Labute approximate surface area is 122 Å². The van der Waals surface area contributed by atoms with Crippen molar-refractivity contribution in [3.05, 3.63) is 35.6 Å². The second-order valence-corrected chi connectivity index (χ2v) is 6.08. The zero-order valence-corrected chi connectivity index (χ0v) is 12.2. The number of nitrogens with zero attached hydrogens (tertiary/aromatic N) is 1. The van der Waals surface area contributed by atoms with Crippen LogP contribution < -0.4 is 0 Å². The van der Waals surface area contributed by atoms with Gasteiger partial charge in [0.1, 0.15) is 17.5 Å². The van der Waals surface area contributed by atoms with Crippen LogP contribution in [-0.2, 0) is 9.53 Å². The molecule has 1 aromatic carbocycles. The Morgan fingerprint density at radius 1 is 1.38 bits per heavy atom. The van der Waals surface area contributed by atoms with Gasteiger partial charge in [0.05, 0.1) is 0 Å². The molecule has 0 unspecified atom stereocenters. The van der Waals surface area contributed by atoms with Crippen LogP contribution in [0.15, 0.2) is 24.3 Å². The first kappa shape index (κ1) is 15.3. The minimum Gasteiger partial charge on any atom is -0.480 e. The lowest BCUT2D eigenvalue weighted by Crippen LogP contribution is -2.61. The highest BCUT2D eigenvalue weighted by molar-refractivity contribution is 5.83. The molecule has 2 atom stereocenters. The number of rotatable bonds is 2. The standard InChI is InChI=1S/C15H18FNO4/c1-15(2,3)21-14(20)17-8-11(12(17)13(18)19)9-5-4-6-10(16)7-9/h4-7,11-12H,8H2,1-3H3,(H,18,19)/t11-,12+/m1/s1. The summed E-state index contributed by atoms with van der Waals surface area (Å²) < 4.78 is 18.4. The first-order valence-electron chi connectivity index (χ1n) is 6.67. The fourth-order valence-corrected chi connectivity index (χ4v) is 2.34. The van der Waals surface area contributed by atoms with E-state index in [9.17, 15) is 19.1 Å². The van der Waals surface area contributed by atoms with Gasteiger partial charge in [0.25, 0.3) is 0 Å². The number of carboxylic acids is 1. The molecular weight excluding hydrogens is 277 g/mol. The molecule has 114 valence electrons. The van der Waals surface area contributed by atoms with E-state index >= 15 is 0 Å². The molecule has 1 fully saturated rings. The van der Waals surface area contributed by atoms with E-state index in [1.165, 1.54) is 18.2 Å². The van der Waals surface area contributed by atoms with E-state index in [1.54, 1.807) is 26.8 Å². The summed E-state index contributed by atoms with van der Waals surface area (Å²) in [5.41, 5.74) is -0.119. The van der Waals surface area contributed by atoms with Gasteiger partial charge >= 0.3 is 12.1 Å². The third kappa shape index (κ3) is 3.32. The molecule has 5 nitrogen and oxygen atoms in total. The smallest absolute Gasteiger partial charge is 0.411 e. The summed E-state index contributed by atoms with van der Waals surface area (Å²) in [4.78, 5) is 24.5. The normalized spacial score (nSPS) is 21.6. The Kier molecular flexibility index (Phi) is 3.89. The molecule has 0 aliphatic carbocycles. The molecule has 0 spiro atoms. The molecule has 1 aliphatic heterocycles. The number of carboxylic acid groups (broad SMARTS) is 1. The molecular formula is C15H18FNO4. The van der Waals surface area contributed by atoms with Gasteiger partial charge in [0, 0.05) is 12.5 Å².